The summed E-state index contributed by atoms with van der Waals surface area (Å²) < 4.78 is 44.8. The molecule has 0 saturated carbocycles. The van der Waals surface area contributed by atoms with Gasteiger partial charge in [0.2, 0.25) is 25.8 Å². The van der Waals surface area contributed by atoms with E-state index in [1.54, 1.807) is 6.07 Å². The molecule has 28 heavy (non-hydrogen) atoms. The maximum atomic E-state index is 12.1. The first-order chi connectivity index (χ1) is 13.0. The van der Waals surface area contributed by atoms with E-state index in [9.17, 15) is 21.6 Å². The van der Waals surface area contributed by atoms with Crippen molar-refractivity contribution in [2.75, 3.05) is 10.7 Å². The SMILES string of the molecule is N#C/C(=N/Nc1ccc(S(N)(=O)=O)cc1)C(=O)Nc1ccc(S(N)(=O)=O)cc1. The molecule has 1 amide bonds. The number of anilines is 2. The van der Waals surface area contributed by atoms with Crippen LogP contribution in [0.25, 0.3) is 0 Å². The van der Waals surface area contributed by atoms with Crippen molar-refractivity contribution >= 4 is 43.0 Å². The fourth-order valence-electron chi connectivity index (χ4n) is 1.88. The van der Waals surface area contributed by atoms with Crippen LogP contribution < -0.4 is 21.0 Å². The highest BCUT2D eigenvalue weighted by Crippen LogP contribution is 2.14. The molecule has 0 aromatic heterocycles. The average molecular weight is 422 g/mol. The predicted octanol–water partition coefficient (Wildman–Crippen LogP) is -0.0884. The summed E-state index contributed by atoms with van der Waals surface area (Å²) in [6.45, 7) is 0. The molecule has 0 aliphatic rings. The quantitative estimate of drug-likeness (QED) is 0.368. The van der Waals surface area contributed by atoms with Gasteiger partial charge in [-0.05, 0) is 48.5 Å². The number of nitriles is 1. The first-order valence-electron chi connectivity index (χ1n) is 7.31. The van der Waals surface area contributed by atoms with E-state index in [-0.39, 0.29) is 15.5 Å². The second kappa shape index (κ2) is 8.15. The van der Waals surface area contributed by atoms with Crippen molar-refractivity contribution in [3.63, 3.8) is 0 Å². The van der Waals surface area contributed by atoms with Crippen molar-refractivity contribution in [3.05, 3.63) is 48.5 Å². The number of nitrogens with one attached hydrogen (secondary N) is 2. The maximum absolute atomic E-state index is 12.1. The zero-order valence-electron chi connectivity index (χ0n) is 14.0. The van der Waals surface area contributed by atoms with E-state index >= 15 is 0 Å². The summed E-state index contributed by atoms with van der Waals surface area (Å²) in [6.07, 6.45) is 0. The summed E-state index contributed by atoms with van der Waals surface area (Å²) in [6, 6.07) is 11.7. The van der Waals surface area contributed by atoms with Crippen molar-refractivity contribution in [2.24, 2.45) is 15.4 Å². The zero-order chi connectivity index (χ0) is 20.9. The third-order valence-electron chi connectivity index (χ3n) is 3.24. The van der Waals surface area contributed by atoms with Gasteiger partial charge in [0.15, 0.2) is 0 Å². The summed E-state index contributed by atoms with van der Waals surface area (Å²) in [5, 5.41) is 25.1. The Labute approximate surface area is 160 Å². The Bertz CT molecular complexity index is 1160. The van der Waals surface area contributed by atoms with E-state index < -0.39 is 31.7 Å². The molecule has 0 bridgehead atoms. The van der Waals surface area contributed by atoms with Crippen LogP contribution in [0, 0.1) is 11.3 Å². The number of nitrogens with two attached hydrogens (primary N) is 2. The lowest BCUT2D eigenvalue weighted by Crippen LogP contribution is -2.22. The van der Waals surface area contributed by atoms with E-state index in [0.717, 1.165) is 0 Å². The number of amides is 1. The molecular weight excluding hydrogens is 408 g/mol. The molecule has 0 saturated heterocycles. The minimum atomic E-state index is -3.86. The molecule has 146 valence electrons. The molecule has 0 aliphatic carbocycles. The third-order valence-corrected chi connectivity index (χ3v) is 5.10. The lowest BCUT2D eigenvalue weighted by atomic mass is 10.3. The summed E-state index contributed by atoms with van der Waals surface area (Å²) in [5.74, 6) is -0.848. The maximum Gasteiger partial charge on any atom is 0.287 e. The molecule has 0 fully saturated rings. The Hall–Kier alpha value is -3.31. The number of nitrogens with zero attached hydrogens (tertiary/aromatic N) is 2. The van der Waals surface area contributed by atoms with Crippen molar-refractivity contribution in [1.29, 1.82) is 5.26 Å². The van der Waals surface area contributed by atoms with Crippen molar-refractivity contribution in [2.45, 2.75) is 9.79 Å². The number of rotatable bonds is 6. The van der Waals surface area contributed by atoms with Gasteiger partial charge in [-0.25, -0.2) is 27.1 Å². The molecule has 0 atom stereocenters. The van der Waals surface area contributed by atoms with Gasteiger partial charge in [-0.1, -0.05) is 0 Å². The van der Waals surface area contributed by atoms with Crippen LogP contribution in [0.4, 0.5) is 11.4 Å². The lowest BCUT2D eigenvalue weighted by molar-refractivity contribution is -0.110. The first kappa shape index (κ1) is 21.0. The highest BCUT2D eigenvalue weighted by Gasteiger charge is 2.13. The monoisotopic (exact) mass is 422 g/mol. The van der Waals surface area contributed by atoms with Crippen LogP contribution in [0.1, 0.15) is 0 Å². The van der Waals surface area contributed by atoms with Crippen LogP contribution >= 0.6 is 0 Å². The fourth-order valence-corrected chi connectivity index (χ4v) is 2.92. The molecule has 13 heteroatoms. The van der Waals surface area contributed by atoms with Crippen molar-refractivity contribution in [3.8, 4) is 6.07 Å². The normalized spacial score (nSPS) is 12.1. The smallest absolute Gasteiger partial charge is 0.287 e. The molecule has 2 rings (SSSR count). The summed E-state index contributed by atoms with van der Waals surface area (Å²) in [4.78, 5) is 11.8. The van der Waals surface area contributed by atoms with Gasteiger partial charge in [0.25, 0.3) is 5.91 Å². The van der Waals surface area contributed by atoms with Crippen LogP contribution in [-0.2, 0) is 24.8 Å². The zero-order valence-corrected chi connectivity index (χ0v) is 15.7. The topological polar surface area (TPSA) is 198 Å². The van der Waals surface area contributed by atoms with Gasteiger partial charge >= 0.3 is 0 Å². The Kier molecular flexibility index (Phi) is 6.11. The molecule has 0 aliphatic heterocycles. The molecule has 2 aromatic carbocycles. The summed E-state index contributed by atoms with van der Waals surface area (Å²) >= 11 is 0. The Balaban J connectivity index is 2.09. The second-order valence-corrected chi connectivity index (χ2v) is 8.40. The highest BCUT2D eigenvalue weighted by atomic mass is 32.2. The van der Waals surface area contributed by atoms with Crippen LogP contribution in [0.5, 0.6) is 0 Å². The Morgan fingerprint density at radius 1 is 0.857 bits per heavy atom. The summed E-state index contributed by atoms with van der Waals surface area (Å²) in [7, 11) is -7.71. The van der Waals surface area contributed by atoms with Crippen LogP contribution in [-0.4, -0.2) is 28.5 Å². The third kappa shape index (κ3) is 5.59. The molecule has 0 spiro atoms. The number of sulfonamides is 2. The van der Waals surface area contributed by atoms with E-state index in [4.69, 9.17) is 15.5 Å². The van der Waals surface area contributed by atoms with Gasteiger partial charge in [-0.15, -0.1) is 0 Å². The Morgan fingerprint density at radius 2 is 1.29 bits per heavy atom. The average Bonchev–Trinajstić information content (AvgIpc) is 2.61. The van der Waals surface area contributed by atoms with Gasteiger partial charge in [0.05, 0.1) is 15.5 Å². The van der Waals surface area contributed by atoms with Gasteiger partial charge in [-0.2, -0.15) is 10.4 Å². The number of hydrogen-bond acceptors (Lipinski definition) is 8. The minimum Gasteiger partial charge on any atom is -0.320 e. The largest absolute Gasteiger partial charge is 0.320 e. The number of carbonyl (C=O) groups excluding carboxylic acids is 1. The van der Waals surface area contributed by atoms with E-state index in [0.29, 0.717) is 5.69 Å². The van der Waals surface area contributed by atoms with Crippen LogP contribution in [0.2, 0.25) is 0 Å². The highest BCUT2D eigenvalue weighted by molar-refractivity contribution is 7.89. The van der Waals surface area contributed by atoms with Crippen molar-refractivity contribution in [1.82, 2.24) is 0 Å². The number of hydrogen-bond donors (Lipinski definition) is 4. The molecule has 6 N–H and O–H groups in total. The lowest BCUT2D eigenvalue weighted by Gasteiger charge is -2.06. The van der Waals surface area contributed by atoms with Gasteiger partial charge in [0, 0.05) is 5.69 Å². The molecule has 2 aromatic rings. The van der Waals surface area contributed by atoms with Crippen molar-refractivity contribution < 1.29 is 21.6 Å². The standard InChI is InChI=1S/C15H14N6O5S2/c16-9-14(21-20-11-3-7-13(8-4-11)28(18,25)26)15(22)19-10-1-5-12(6-2-10)27(17,23)24/h1-8,20H,(H,19,22)(H2,17,23,24)(H2,18,25,26)/b21-14-. The Morgan fingerprint density at radius 3 is 1.68 bits per heavy atom. The summed E-state index contributed by atoms with van der Waals surface area (Å²) in [5.41, 5.74) is 2.45. The number of carbonyl (C=O) groups is 1. The predicted molar refractivity (Wildman–Crippen MR) is 101 cm³/mol. The van der Waals surface area contributed by atoms with Crippen LogP contribution in [0.3, 0.4) is 0 Å². The first-order valence-corrected chi connectivity index (χ1v) is 10.4. The molecular formula is C15H14N6O5S2. The van der Waals surface area contributed by atoms with Gasteiger partial charge in [-0.3, -0.25) is 10.2 Å². The van der Waals surface area contributed by atoms with E-state index in [1.807, 2.05) is 0 Å². The molecule has 0 radical (unpaired) electrons. The molecule has 0 unspecified atom stereocenters. The second-order valence-electron chi connectivity index (χ2n) is 5.28. The van der Waals surface area contributed by atoms with E-state index in [2.05, 4.69) is 15.8 Å². The van der Waals surface area contributed by atoms with Gasteiger partial charge in [0.1, 0.15) is 6.07 Å². The number of benzene rings is 2. The number of hydrazone groups is 1. The fraction of sp³-hybridized carbons (Fsp3) is 0. The molecule has 11 nitrogen and oxygen atoms in total. The minimum absolute atomic E-state index is 0.108. The molecule has 0 heterocycles. The van der Waals surface area contributed by atoms with Gasteiger partial charge < -0.3 is 5.32 Å². The number of primary sulfonamides is 2. The van der Waals surface area contributed by atoms with E-state index in [1.165, 1.54) is 48.5 Å². The van der Waals surface area contributed by atoms with Crippen LogP contribution in [0.15, 0.2) is 63.4 Å².